The molecule has 0 aliphatic carbocycles. The van der Waals surface area contributed by atoms with Crippen molar-refractivity contribution in [3.8, 4) is 22.4 Å². The van der Waals surface area contributed by atoms with Gasteiger partial charge in [-0.2, -0.15) is 0 Å². The third kappa shape index (κ3) is 6.15. The predicted molar refractivity (Wildman–Crippen MR) is 149 cm³/mol. The normalized spacial score (nSPS) is 14.1. The van der Waals surface area contributed by atoms with Crippen LogP contribution in [-0.2, 0) is 6.42 Å². The van der Waals surface area contributed by atoms with Gasteiger partial charge >= 0.3 is 0 Å². The second kappa shape index (κ2) is 11.1. The van der Waals surface area contributed by atoms with Crippen molar-refractivity contribution in [1.82, 2.24) is 15.0 Å². The second-order valence-corrected chi connectivity index (χ2v) is 11.0. The first-order valence-electron chi connectivity index (χ1n) is 12.5. The van der Waals surface area contributed by atoms with E-state index in [1.165, 1.54) is 21.7 Å². The van der Waals surface area contributed by atoms with Gasteiger partial charge in [-0.25, -0.2) is 15.0 Å². The number of nitrogens with two attached hydrogens (primary N) is 1. The largest absolute Gasteiger partial charge is 0.368 e. The van der Waals surface area contributed by atoms with Crippen LogP contribution in [0.3, 0.4) is 0 Å². The molecule has 0 saturated heterocycles. The van der Waals surface area contributed by atoms with Crippen LogP contribution in [0.1, 0.15) is 69.0 Å². The summed E-state index contributed by atoms with van der Waals surface area (Å²) in [5.41, 5.74) is 12.8. The molecule has 0 bridgehead atoms. The van der Waals surface area contributed by atoms with E-state index in [1.54, 1.807) is 23.7 Å². The van der Waals surface area contributed by atoms with Crippen molar-refractivity contribution in [2.45, 2.75) is 59.3 Å². The molecule has 182 valence electrons. The highest BCUT2D eigenvalue weighted by molar-refractivity contribution is 7.09. The Bertz CT molecular complexity index is 1250. The molecule has 0 aliphatic rings. The lowest BCUT2D eigenvalue weighted by Crippen LogP contribution is -2.08. The van der Waals surface area contributed by atoms with Crippen molar-refractivity contribution < 1.29 is 0 Å². The Morgan fingerprint density at radius 1 is 0.800 bits per heavy atom. The summed E-state index contributed by atoms with van der Waals surface area (Å²) < 4.78 is 0. The number of nitrogens with zero attached hydrogens (tertiary/aromatic N) is 3. The minimum Gasteiger partial charge on any atom is -0.368 e. The van der Waals surface area contributed by atoms with Crippen LogP contribution in [0.15, 0.2) is 66.3 Å². The lowest BCUT2D eigenvalue weighted by atomic mass is 9.85. The van der Waals surface area contributed by atoms with Gasteiger partial charge in [0.1, 0.15) is 0 Å². The van der Waals surface area contributed by atoms with Gasteiger partial charge in [-0.3, -0.25) is 0 Å². The van der Waals surface area contributed by atoms with Gasteiger partial charge in [-0.1, -0.05) is 77.1 Å². The maximum absolute atomic E-state index is 5.64. The van der Waals surface area contributed by atoms with Crippen LogP contribution in [0.25, 0.3) is 22.4 Å². The summed E-state index contributed by atoms with van der Waals surface area (Å²) in [6.45, 7) is 11.5. The number of rotatable bonds is 9. The van der Waals surface area contributed by atoms with Crippen molar-refractivity contribution in [2.24, 2.45) is 11.8 Å². The first kappa shape index (κ1) is 25.1. The van der Waals surface area contributed by atoms with Gasteiger partial charge in [0.2, 0.25) is 5.95 Å². The Hall–Kier alpha value is -3.05. The van der Waals surface area contributed by atoms with Crippen LogP contribution < -0.4 is 5.73 Å². The van der Waals surface area contributed by atoms with Gasteiger partial charge in [-0.05, 0) is 59.3 Å². The van der Waals surface area contributed by atoms with E-state index in [-0.39, 0.29) is 0 Å². The second-order valence-electron chi connectivity index (χ2n) is 10.0. The Morgan fingerprint density at radius 3 is 2.11 bits per heavy atom. The van der Waals surface area contributed by atoms with Crippen LogP contribution >= 0.6 is 11.3 Å². The smallest absolute Gasteiger partial charge is 0.219 e. The van der Waals surface area contributed by atoms with E-state index in [4.69, 9.17) is 10.7 Å². The Kier molecular flexibility index (Phi) is 7.97. The summed E-state index contributed by atoms with van der Waals surface area (Å²) in [5.74, 6) is 2.45. The summed E-state index contributed by atoms with van der Waals surface area (Å²) in [5, 5.41) is 3.43. The number of benzene rings is 2. The third-order valence-electron chi connectivity index (χ3n) is 7.34. The van der Waals surface area contributed by atoms with E-state index >= 15 is 0 Å². The molecule has 4 rings (SSSR count). The highest BCUT2D eigenvalue weighted by Gasteiger charge is 2.17. The van der Waals surface area contributed by atoms with Gasteiger partial charge < -0.3 is 5.73 Å². The van der Waals surface area contributed by atoms with Gasteiger partial charge in [0.15, 0.2) is 0 Å². The molecular weight excluding hydrogens is 448 g/mol. The fourth-order valence-electron chi connectivity index (χ4n) is 4.34. The Balaban J connectivity index is 1.40. The van der Waals surface area contributed by atoms with Gasteiger partial charge in [0.25, 0.3) is 0 Å². The Morgan fingerprint density at radius 2 is 1.43 bits per heavy atom. The zero-order valence-corrected chi connectivity index (χ0v) is 22.2. The maximum Gasteiger partial charge on any atom is 0.219 e. The minimum absolute atomic E-state index is 0.301. The molecule has 2 heterocycles. The number of hydrogen-bond acceptors (Lipinski definition) is 5. The van der Waals surface area contributed by atoms with Crippen LogP contribution in [0, 0.1) is 11.8 Å². The van der Waals surface area contributed by atoms with E-state index in [9.17, 15) is 0 Å². The molecule has 0 spiro atoms. The van der Waals surface area contributed by atoms with Crippen LogP contribution in [0.4, 0.5) is 5.95 Å². The lowest BCUT2D eigenvalue weighted by molar-refractivity contribution is 0.453. The summed E-state index contributed by atoms with van der Waals surface area (Å²) in [4.78, 5) is 13.3. The van der Waals surface area contributed by atoms with E-state index < -0.39 is 0 Å². The standard InChI is InChI=1S/C30H36N4S/c1-19(2)21(4)23-8-7-11-26(15-23)28-18-35-29(34-28)13-12-20(3)22(5)24-9-6-10-25(14-24)27-16-32-30(31)33-17-27/h6-11,14-22H,12-13H2,1-5H3,(H2,31,32,33). The fourth-order valence-corrected chi connectivity index (χ4v) is 5.17. The summed E-state index contributed by atoms with van der Waals surface area (Å²) in [7, 11) is 0. The van der Waals surface area contributed by atoms with Gasteiger partial charge in [-0.15, -0.1) is 11.3 Å². The van der Waals surface area contributed by atoms with Gasteiger partial charge in [0.05, 0.1) is 10.7 Å². The Labute approximate surface area is 213 Å². The molecule has 0 fully saturated rings. The molecule has 2 aromatic heterocycles. The maximum atomic E-state index is 5.64. The molecule has 0 radical (unpaired) electrons. The number of nitrogen functional groups attached to an aromatic ring is 1. The molecule has 0 amide bonds. The van der Waals surface area contributed by atoms with Crippen molar-refractivity contribution in [3.63, 3.8) is 0 Å². The summed E-state index contributed by atoms with van der Waals surface area (Å²) in [6, 6.07) is 17.6. The van der Waals surface area contributed by atoms with Crippen molar-refractivity contribution in [1.29, 1.82) is 0 Å². The van der Waals surface area contributed by atoms with E-state index in [2.05, 4.69) is 98.5 Å². The van der Waals surface area contributed by atoms with Crippen LogP contribution in [0.2, 0.25) is 0 Å². The fraction of sp³-hybridized carbons (Fsp3) is 0.367. The van der Waals surface area contributed by atoms with E-state index in [0.717, 1.165) is 29.7 Å². The lowest BCUT2D eigenvalue weighted by Gasteiger charge is -2.20. The minimum atomic E-state index is 0.301. The molecule has 3 atom stereocenters. The molecule has 0 aliphatic heterocycles. The topological polar surface area (TPSA) is 64.7 Å². The number of thiazole rings is 1. The van der Waals surface area contributed by atoms with E-state index in [1.807, 2.05) is 0 Å². The van der Waals surface area contributed by atoms with E-state index in [0.29, 0.717) is 29.6 Å². The monoisotopic (exact) mass is 484 g/mol. The predicted octanol–water partition coefficient (Wildman–Crippen LogP) is 7.98. The highest BCUT2D eigenvalue weighted by atomic mass is 32.1. The highest BCUT2D eigenvalue weighted by Crippen LogP contribution is 2.32. The molecule has 3 unspecified atom stereocenters. The number of anilines is 1. The third-order valence-corrected chi connectivity index (χ3v) is 8.25. The first-order chi connectivity index (χ1) is 16.8. The van der Waals surface area contributed by atoms with Crippen molar-refractivity contribution in [2.75, 3.05) is 5.73 Å². The van der Waals surface area contributed by atoms with Crippen molar-refractivity contribution in [3.05, 3.63) is 82.4 Å². The number of hydrogen-bond donors (Lipinski definition) is 1. The number of aryl methyl sites for hydroxylation is 1. The van der Waals surface area contributed by atoms with Crippen LogP contribution in [-0.4, -0.2) is 15.0 Å². The average Bonchev–Trinajstić information content (AvgIpc) is 3.36. The molecule has 5 heteroatoms. The molecule has 0 saturated carbocycles. The molecule has 4 nitrogen and oxygen atoms in total. The molecule has 35 heavy (non-hydrogen) atoms. The first-order valence-corrected chi connectivity index (χ1v) is 13.4. The molecule has 2 aromatic carbocycles. The van der Waals surface area contributed by atoms with Crippen molar-refractivity contribution >= 4 is 17.3 Å². The average molecular weight is 485 g/mol. The quantitative estimate of drug-likeness (QED) is 0.261. The SMILES string of the molecule is CC(C)C(C)c1cccc(-c2csc(CCC(C)C(C)c3cccc(-c4cnc(N)nc4)c3)n2)c1. The molecule has 2 N–H and O–H groups in total. The summed E-state index contributed by atoms with van der Waals surface area (Å²) in [6.07, 6.45) is 5.68. The molecule has 4 aromatic rings. The zero-order chi connectivity index (χ0) is 24.9. The zero-order valence-electron chi connectivity index (χ0n) is 21.4. The molecular formula is C30H36N4S. The summed E-state index contributed by atoms with van der Waals surface area (Å²) >= 11 is 1.78. The van der Waals surface area contributed by atoms with Crippen LogP contribution in [0.5, 0.6) is 0 Å². The van der Waals surface area contributed by atoms with Gasteiger partial charge in [0, 0.05) is 28.9 Å². The number of aromatic nitrogens is 3.